The number of hydrogen-bond donors (Lipinski definition) is 3. The molecular formula is C23H28N4O5. The molecule has 1 saturated heterocycles. The molecule has 170 valence electrons. The molecule has 2 aromatic rings. The van der Waals surface area contributed by atoms with Gasteiger partial charge in [-0.25, -0.2) is 0 Å². The van der Waals surface area contributed by atoms with Gasteiger partial charge in [0.15, 0.2) is 0 Å². The predicted octanol–water partition coefficient (Wildman–Crippen LogP) is 1.93. The van der Waals surface area contributed by atoms with Crippen molar-refractivity contribution in [2.45, 2.75) is 20.3 Å². The van der Waals surface area contributed by atoms with Crippen LogP contribution in [0.15, 0.2) is 36.4 Å². The highest BCUT2D eigenvalue weighted by Gasteiger charge is 2.36. The summed E-state index contributed by atoms with van der Waals surface area (Å²) in [6, 6.07) is 11.0. The van der Waals surface area contributed by atoms with Gasteiger partial charge in [0.05, 0.1) is 32.4 Å². The number of carbonyl (C=O) groups is 3. The Labute approximate surface area is 187 Å². The van der Waals surface area contributed by atoms with E-state index in [1.165, 1.54) is 19.1 Å². The molecule has 0 aliphatic carbocycles. The second-order valence-corrected chi connectivity index (χ2v) is 7.65. The second-order valence-electron chi connectivity index (χ2n) is 7.65. The number of rotatable bonds is 7. The molecule has 0 spiro atoms. The number of aryl methyl sites for hydroxylation is 2. The highest BCUT2D eigenvalue weighted by molar-refractivity contribution is 6.01. The van der Waals surface area contributed by atoms with Gasteiger partial charge in [0.25, 0.3) is 5.91 Å². The van der Waals surface area contributed by atoms with Crippen molar-refractivity contribution in [1.82, 2.24) is 10.9 Å². The van der Waals surface area contributed by atoms with E-state index in [-0.39, 0.29) is 25.4 Å². The normalized spacial score (nSPS) is 15.3. The number of hydrogen-bond acceptors (Lipinski definition) is 6. The molecule has 2 aromatic carbocycles. The monoisotopic (exact) mass is 440 g/mol. The first-order chi connectivity index (χ1) is 15.3. The van der Waals surface area contributed by atoms with Gasteiger partial charge < -0.3 is 19.7 Å². The van der Waals surface area contributed by atoms with Gasteiger partial charge in [-0.1, -0.05) is 17.7 Å². The predicted molar refractivity (Wildman–Crippen MR) is 121 cm³/mol. The molecule has 0 radical (unpaired) electrons. The van der Waals surface area contributed by atoms with E-state index in [4.69, 9.17) is 9.47 Å². The van der Waals surface area contributed by atoms with Crippen LogP contribution in [0.2, 0.25) is 0 Å². The van der Waals surface area contributed by atoms with E-state index in [2.05, 4.69) is 16.2 Å². The number of hydrazine groups is 1. The zero-order valence-corrected chi connectivity index (χ0v) is 18.7. The van der Waals surface area contributed by atoms with Gasteiger partial charge in [-0.15, -0.1) is 0 Å². The smallest absolute Gasteiger partial charge is 0.257 e. The Morgan fingerprint density at radius 2 is 1.84 bits per heavy atom. The lowest BCUT2D eigenvalue weighted by Crippen LogP contribution is -2.47. The summed E-state index contributed by atoms with van der Waals surface area (Å²) in [5.41, 5.74) is 8.36. The maximum Gasteiger partial charge on any atom is 0.257 e. The first-order valence-corrected chi connectivity index (χ1v) is 10.2. The first kappa shape index (κ1) is 22.9. The van der Waals surface area contributed by atoms with Crippen LogP contribution in [-0.4, -0.2) is 45.0 Å². The molecule has 1 fully saturated rings. The van der Waals surface area contributed by atoms with E-state index < -0.39 is 17.7 Å². The van der Waals surface area contributed by atoms with Crippen LogP contribution in [-0.2, 0) is 14.4 Å². The molecule has 1 aliphatic heterocycles. The molecule has 0 bridgehead atoms. The van der Waals surface area contributed by atoms with E-state index >= 15 is 0 Å². The standard InChI is InChI=1S/C23H28N4O5/c1-14-5-7-18(15(2)9-14)24-12-21(28)25-26-23(30)16-10-22(29)27(13-16)19-11-17(31-3)6-8-20(19)32-4/h5-9,11,16,24H,10,12-13H2,1-4H3,(H,25,28)(H,26,30). The summed E-state index contributed by atoms with van der Waals surface area (Å²) in [6.45, 7) is 4.12. The van der Waals surface area contributed by atoms with Crippen molar-refractivity contribution >= 4 is 29.1 Å². The number of methoxy groups -OCH3 is 2. The summed E-state index contributed by atoms with van der Waals surface area (Å²) in [5, 5.41) is 3.04. The van der Waals surface area contributed by atoms with Gasteiger partial charge in [0, 0.05) is 24.7 Å². The van der Waals surface area contributed by atoms with Gasteiger partial charge in [0.1, 0.15) is 11.5 Å². The first-order valence-electron chi connectivity index (χ1n) is 10.2. The third-order valence-corrected chi connectivity index (χ3v) is 5.32. The van der Waals surface area contributed by atoms with Crippen molar-refractivity contribution in [2.75, 3.05) is 37.5 Å². The number of nitrogens with zero attached hydrogens (tertiary/aromatic N) is 1. The molecule has 3 amide bonds. The summed E-state index contributed by atoms with van der Waals surface area (Å²) in [6.07, 6.45) is 0.0306. The molecule has 0 saturated carbocycles. The van der Waals surface area contributed by atoms with Crippen LogP contribution >= 0.6 is 0 Å². The Kier molecular flexibility index (Phi) is 7.19. The van der Waals surface area contributed by atoms with Crippen LogP contribution in [0.5, 0.6) is 11.5 Å². The minimum atomic E-state index is -0.606. The fraction of sp³-hybridized carbons (Fsp3) is 0.348. The highest BCUT2D eigenvalue weighted by atomic mass is 16.5. The van der Waals surface area contributed by atoms with Crippen LogP contribution in [0.25, 0.3) is 0 Å². The van der Waals surface area contributed by atoms with Gasteiger partial charge in [-0.3, -0.25) is 25.2 Å². The third-order valence-electron chi connectivity index (χ3n) is 5.32. The number of ether oxygens (including phenoxy) is 2. The van der Waals surface area contributed by atoms with E-state index in [1.54, 1.807) is 18.2 Å². The van der Waals surface area contributed by atoms with Gasteiger partial charge in [0.2, 0.25) is 11.8 Å². The summed E-state index contributed by atoms with van der Waals surface area (Å²) < 4.78 is 10.6. The lowest BCUT2D eigenvalue weighted by atomic mass is 10.1. The summed E-state index contributed by atoms with van der Waals surface area (Å²) in [4.78, 5) is 38.7. The average molecular weight is 441 g/mol. The molecule has 3 rings (SSSR count). The Morgan fingerprint density at radius 1 is 1.06 bits per heavy atom. The third kappa shape index (κ3) is 5.29. The molecule has 9 nitrogen and oxygen atoms in total. The highest BCUT2D eigenvalue weighted by Crippen LogP contribution is 2.36. The van der Waals surface area contributed by atoms with Crippen molar-refractivity contribution in [1.29, 1.82) is 0 Å². The maximum absolute atomic E-state index is 12.6. The molecule has 1 atom stereocenters. The maximum atomic E-state index is 12.6. The van der Waals surface area contributed by atoms with Crippen LogP contribution in [0.4, 0.5) is 11.4 Å². The van der Waals surface area contributed by atoms with E-state index in [9.17, 15) is 14.4 Å². The van der Waals surface area contributed by atoms with Crippen molar-refractivity contribution in [3.63, 3.8) is 0 Å². The summed E-state index contributed by atoms with van der Waals surface area (Å²) >= 11 is 0. The molecule has 9 heteroatoms. The van der Waals surface area contributed by atoms with Crippen molar-refractivity contribution in [3.8, 4) is 11.5 Å². The van der Waals surface area contributed by atoms with Crippen LogP contribution in [0, 0.1) is 19.8 Å². The van der Waals surface area contributed by atoms with Crippen molar-refractivity contribution in [2.24, 2.45) is 5.92 Å². The fourth-order valence-corrected chi connectivity index (χ4v) is 3.59. The molecule has 32 heavy (non-hydrogen) atoms. The van der Waals surface area contributed by atoms with E-state index in [0.29, 0.717) is 17.2 Å². The SMILES string of the molecule is COc1ccc(OC)c(N2CC(C(=O)NNC(=O)CNc3ccc(C)cc3C)CC2=O)c1. The quantitative estimate of drug-likeness (QED) is 0.568. The second kappa shape index (κ2) is 10.0. The van der Waals surface area contributed by atoms with Gasteiger partial charge in [-0.05, 0) is 37.6 Å². The molecule has 1 unspecified atom stereocenters. The van der Waals surface area contributed by atoms with Crippen LogP contribution in [0.1, 0.15) is 17.5 Å². The zero-order valence-electron chi connectivity index (χ0n) is 18.7. The molecule has 1 heterocycles. The minimum Gasteiger partial charge on any atom is -0.497 e. The van der Waals surface area contributed by atoms with Crippen molar-refractivity contribution < 1.29 is 23.9 Å². The Balaban J connectivity index is 1.54. The van der Waals surface area contributed by atoms with Crippen LogP contribution in [0.3, 0.4) is 0 Å². The Bertz CT molecular complexity index is 1020. The lowest BCUT2D eigenvalue weighted by molar-refractivity contribution is -0.130. The van der Waals surface area contributed by atoms with Gasteiger partial charge in [-0.2, -0.15) is 0 Å². The van der Waals surface area contributed by atoms with Crippen LogP contribution < -0.4 is 30.5 Å². The number of nitrogens with one attached hydrogen (secondary N) is 3. The summed E-state index contributed by atoms with van der Waals surface area (Å²) in [7, 11) is 3.04. The average Bonchev–Trinajstić information content (AvgIpc) is 3.17. The fourth-order valence-electron chi connectivity index (χ4n) is 3.59. The largest absolute Gasteiger partial charge is 0.497 e. The number of carbonyl (C=O) groups excluding carboxylic acids is 3. The van der Waals surface area contributed by atoms with Crippen molar-refractivity contribution in [3.05, 3.63) is 47.5 Å². The molecule has 1 aliphatic rings. The zero-order chi connectivity index (χ0) is 23.3. The van der Waals surface area contributed by atoms with E-state index in [1.807, 2.05) is 32.0 Å². The number of amides is 3. The topological polar surface area (TPSA) is 109 Å². The summed E-state index contributed by atoms with van der Waals surface area (Å²) in [5.74, 6) is -0.557. The minimum absolute atomic E-state index is 0.000905. The number of benzene rings is 2. The van der Waals surface area contributed by atoms with Gasteiger partial charge >= 0.3 is 0 Å². The molecule has 0 aromatic heterocycles. The lowest BCUT2D eigenvalue weighted by Gasteiger charge is -2.20. The molecule has 3 N–H and O–H groups in total. The number of anilines is 2. The van der Waals surface area contributed by atoms with E-state index in [0.717, 1.165) is 16.8 Å². The Hall–Kier alpha value is -3.75. The Morgan fingerprint density at radius 3 is 2.53 bits per heavy atom. The molecular weight excluding hydrogens is 412 g/mol.